The molecule has 13 heteroatoms. The molecule has 0 aromatic heterocycles. The molecule has 0 spiro atoms. The van der Waals surface area contributed by atoms with Gasteiger partial charge in [-0.3, -0.25) is 0 Å². The summed E-state index contributed by atoms with van der Waals surface area (Å²) >= 11 is 1.69. The molecular weight excluding hydrogens is 774 g/mol. The first-order valence-electron chi connectivity index (χ1n) is 12.8. The molecule has 0 aliphatic heterocycles. The highest BCUT2D eigenvalue weighted by Gasteiger charge is 2.28. The Morgan fingerprint density at radius 2 is 0.889 bits per heavy atom. The van der Waals surface area contributed by atoms with Gasteiger partial charge in [-0.2, -0.15) is 0 Å². The van der Waals surface area contributed by atoms with Crippen LogP contribution in [-0.4, -0.2) is 0 Å². The molecule has 45 heavy (non-hydrogen) atoms. The van der Waals surface area contributed by atoms with Gasteiger partial charge in [0.15, 0.2) is 21.8 Å². The fraction of sp³-hybridized carbons (Fsp3) is 0.0625. The predicted octanol–water partition coefficient (Wildman–Crippen LogP) is -3.83. The molecule has 8 nitrogen and oxygen atoms in total. The average molecular weight is 802 g/mol. The highest BCUT2D eigenvalue weighted by Crippen LogP contribution is 2.33. The Balaban J connectivity index is 0.000000482. The van der Waals surface area contributed by atoms with Crippen molar-refractivity contribution in [2.45, 2.75) is 38.3 Å². The first-order chi connectivity index (χ1) is 21.2. The maximum atomic E-state index is 8.49. The summed E-state index contributed by atoms with van der Waals surface area (Å²) in [6.45, 7) is 4.45. The van der Waals surface area contributed by atoms with E-state index in [1.165, 1.54) is 42.7 Å². The Labute approximate surface area is 283 Å². The Morgan fingerprint density at radius 1 is 0.489 bits per heavy atom. The van der Waals surface area contributed by atoms with Gasteiger partial charge >= 0.3 is 21.2 Å². The minimum Gasteiger partial charge on any atom is -0.222 e. The van der Waals surface area contributed by atoms with Crippen molar-refractivity contribution in [1.29, 1.82) is 0 Å². The van der Waals surface area contributed by atoms with Crippen LogP contribution >= 0.6 is 11.8 Å². The predicted molar refractivity (Wildman–Crippen MR) is 145 cm³/mol. The number of rotatable bonds is 7. The van der Waals surface area contributed by atoms with Gasteiger partial charge in [-0.05, 0) is 98.3 Å². The largest absolute Gasteiger partial charge is 0.358 e. The lowest BCUT2D eigenvalue weighted by atomic mass is 10.1. The molecule has 0 N–H and O–H groups in total. The van der Waals surface area contributed by atoms with Crippen LogP contribution in [0.3, 0.4) is 0 Å². The fourth-order valence-corrected chi connectivity index (χ4v) is 9.31. The molecular formula is C32H27Cl2IO8S2. The summed E-state index contributed by atoms with van der Waals surface area (Å²) in [7, 11) is -9.99. The van der Waals surface area contributed by atoms with E-state index >= 15 is 0 Å². The molecule has 5 rings (SSSR count). The maximum Gasteiger partial charge on any atom is 0.358 e. The molecule has 0 unspecified atom stereocenters. The summed E-state index contributed by atoms with van der Waals surface area (Å²) in [4.78, 5) is 6.61. The summed E-state index contributed by atoms with van der Waals surface area (Å²) in [5.41, 5.74) is 2.84. The third kappa shape index (κ3) is 14.4. The molecule has 0 fully saturated rings. The SMILES string of the molecule is Cc1cccc([I+]c2ccc(Sc3ccc([S+](c4ccccc4)c4ccccc4)cc3)cc2)c1C.[O-][Cl+3]([O-])([O-])[O-].[O-][Cl+3]([O-])([O-])[O-]. The van der Waals surface area contributed by atoms with Crippen molar-refractivity contribution in [1.82, 2.24) is 0 Å². The molecule has 0 bridgehead atoms. The lowest BCUT2D eigenvalue weighted by molar-refractivity contribution is -2.00. The van der Waals surface area contributed by atoms with Crippen molar-refractivity contribution in [3.8, 4) is 0 Å². The van der Waals surface area contributed by atoms with Crippen molar-refractivity contribution in [2.75, 3.05) is 0 Å². The monoisotopic (exact) mass is 800 g/mol. The molecule has 5 aromatic carbocycles. The van der Waals surface area contributed by atoms with Crippen molar-refractivity contribution < 1.29 is 79.0 Å². The van der Waals surface area contributed by atoms with Crippen LogP contribution in [-0.2, 0) is 10.9 Å². The van der Waals surface area contributed by atoms with Crippen molar-refractivity contribution in [3.05, 3.63) is 146 Å². The van der Waals surface area contributed by atoms with Gasteiger partial charge in [0.25, 0.3) is 0 Å². The third-order valence-corrected chi connectivity index (χ3v) is 12.2. The molecule has 0 atom stereocenters. The van der Waals surface area contributed by atoms with Crippen LogP contribution in [0.25, 0.3) is 0 Å². The van der Waals surface area contributed by atoms with Crippen molar-refractivity contribution in [2.24, 2.45) is 0 Å². The van der Waals surface area contributed by atoms with Crippen LogP contribution in [0.5, 0.6) is 0 Å². The van der Waals surface area contributed by atoms with Crippen LogP contribution in [0.4, 0.5) is 0 Å². The van der Waals surface area contributed by atoms with Gasteiger partial charge in [-0.15, -0.1) is 20.5 Å². The summed E-state index contributed by atoms with van der Waals surface area (Å²) in [5.74, 6) is 0. The van der Waals surface area contributed by atoms with E-state index in [2.05, 4.69) is 141 Å². The van der Waals surface area contributed by atoms with Gasteiger partial charge in [0.1, 0.15) is 0 Å². The second-order valence-electron chi connectivity index (χ2n) is 8.99. The molecule has 0 heterocycles. The Morgan fingerprint density at radius 3 is 1.33 bits per heavy atom. The van der Waals surface area contributed by atoms with Gasteiger partial charge in [0.2, 0.25) is 0 Å². The number of aryl methyl sites for hydroxylation is 1. The van der Waals surface area contributed by atoms with Crippen LogP contribution in [0.1, 0.15) is 11.1 Å². The number of halogens is 3. The molecule has 0 amide bonds. The Kier molecular flexibility index (Phi) is 14.6. The molecule has 0 aliphatic carbocycles. The lowest BCUT2D eigenvalue weighted by Crippen LogP contribution is -3.61. The standard InChI is InChI=1S/C32H27IS2.2ClHO4/c1-24-10-9-15-32(25(24)2)33-26-16-18-27(19-17-26)34-28-20-22-31(23-21-28)35(29-11-5-3-6-12-29)30-13-7-4-8-14-30;2*2-1(3,4)5/h3-23H,1-2H3;2*(H,2,3,4,5)/q+2;;/p-2. The smallest absolute Gasteiger partial charge is 0.222 e. The zero-order valence-corrected chi connectivity index (χ0v) is 29.1. The highest BCUT2D eigenvalue weighted by molar-refractivity contribution is 7.99. The van der Waals surface area contributed by atoms with Gasteiger partial charge < -0.3 is 0 Å². The van der Waals surface area contributed by atoms with Crippen LogP contribution in [0, 0.1) is 41.5 Å². The Hall–Kier alpha value is -2.21. The summed E-state index contributed by atoms with van der Waals surface area (Å²) < 4.78 is 70.9. The molecule has 236 valence electrons. The molecule has 0 saturated carbocycles. The van der Waals surface area contributed by atoms with E-state index < -0.39 is 20.5 Å². The first kappa shape index (κ1) is 37.2. The van der Waals surface area contributed by atoms with E-state index in [1.54, 1.807) is 0 Å². The number of hydrogen-bond acceptors (Lipinski definition) is 9. The second-order valence-corrected chi connectivity index (χ2v) is 16.6. The lowest BCUT2D eigenvalue weighted by Gasteiger charge is -2.17. The van der Waals surface area contributed by atoms with Gasteiger partial charge in [-0.25, -0.2) is 37.3 Å². The molecule has 0 aliphatic rings. The van der Waals surface area contributed by atoms with Gasteiger partial charge in [0.05, 0.1) is 10.9 Å². The normalized spacial score (nSPS) is 11.3. The fourth-order valence-electron chi connectivity index (χ4n) is 3.80. The van der Waals surface area contributed by atoms with Crippen LogP contribution in [0.15, 0.2) is 152 Å². The average Bonchev–Trinajstić information content (AvgIpc) is 2.97. The topological polar surface area (TPSA) is 184 Å². The van der Waals surface area contributed by atoms with E-state index in [1.807, 2.05) is 11.8 Å². The van der Waals surface area contributed by atoms with Crippen LogP contribution in [0.2, 0.25) is 0 Å². The van der Waals surface area contributed by atoms with E-state index in [0.717, 1.165) is 0 Å². The Bertz CT molecular complexity index is 1540. The van der Waals surface area contributed by atoms with Gasteiger partial charge in [0, 0.05) is 15.4 Å². The summed E-state index contributed by atoms with van der Waals surface area (Å²) in [5, 5.41) is 0. The molecule has 0 saturated heterocycles. The minimum absolute atomic E-state index is 0.101. The second kappa shape index (κ2) is 17.6. The quantitative estimate of drug-likeness (QED) is 0.118. The van der Waals surface area contributed by atoms with Crippen molar-refractivity contribution in [3.63, 3.8) is 0 Å². The minimum atomic E-state index is -4.94. The van der Waals surface area contributed by atoms with Crippen molar-refractivity contribution >= 4 is 22.7 Å². The number of benzene rings is 5. The van der Waals surface area contributed by atoms with E-state index in [0.29, 0.717) is 0 Å². The zero-order valence-electron chi connectivity index (χ0n) is 23.8. The van der Waals surface area contributed by atoms with E-state index in [-0.39, 0.29) is 32.1 Å². The zero-order chi connectivity index (χ0) is 33.0. The summed E-state index contributed by atoms with van der Waals surface area (Å²) in [6.07, 6.45) is 0. The molecule has 0 radical (unpaired) electrons. The van der Waals surface area contributed by atoms with E-state index in [4.69, 9.17) is 37.3 Å². The van der Waals surface area contributed by atoms with E-state index in [9.17, 15) is 0 Å². The molecule has 5 aromatic rings. The van der Waals surface area contributed by atoms with Crippen LogP contribution < -0.4 is 58.5 Å². The first-order valence-corrected chi connectivity index (χ1v) is 19.5. The highest BCUT2D eigenvalue weighted by atomic mass is 127. The maximum absolute atomic E-state index is 8.49. The van der Waals surface area contributed by atoms with Gasteiger partial charge in [-0.1, -0.05) is 60.3 Å². The third-order valence-electron chi connectivity index (χ3n) is 5.82. The number of hydrogen-bond donors (Lipinski definition) is 0. The summed E-state index contributed by atoms with van der Waals surface area (Å²) in [6, 6.07) is 46.6.